The Morgan fingerprint density at radius 3 is 2.35 bits per heavy atom. The van der Waals surface area contributed by atoms with Gasteiger partial charge in [0.25, 0.3) is 0 Å². The summed E-state index contributed by atoms with van der Waals surface area (Å²) in [4.78, 5) is 2.38. The van der Waals surface area contributed by atoms with Crippen LogP contribution in [0, 0.1) is 5.92 Å². The third-order valence-corrected chi connectivity index (χ3v) is 4.62. The predicted octanol–water partition coefficient (Wildman–Crippen LogP) is 1.55. The quantitative estimate of drug-likeness (QED) is 0.631. The molecule has 1 heterocycles. The number of nitrogens with one attached hydrogen (secondary N) is 1. The molecule has 1 aliphatic carbocycles. The van der Waals surface area contributed by atoms with Crippen LogP contribution in [-0.4, -0.2) is 46.4 Å². The molecule has 1 atom stereocenters. The smallest absolute Gasteiger partial charge is 0.200 e. The third-order valence-electron chi connectivity index (χ3n) is 4.62. The van der Waals surface area contributed by atoms with E-state index in [4.69, 9.17) is 0 Å². The average Bonchev–Trinajstić information content (AvgIpc) is 2.42. The number of phenolic OH excluding ortho intramolecular Hbond substituents is 3. The molecule has 2 fully saturated rings. The zero-order chi connectivity index (χ0) is 14.1. The largest absolute Gasteiger partial charge is 0.504 e. The Morgan fingerprint density at radius 2 is 1.75 bits per heavy atom. The second-order valence-electron chi connectivity index (χ2n) is 5.79. The van der Waals surface area contributed by atoms with E-state index in [2.05, 4.69) is 10.2 Å². The number of aromatic hydroxyl groups is 3. The fourth-order valence-electron chi connectivity index (χ4n) is 3.29. The van der Waals surface area contributed by atoms with Crippen molar-refractivity contribution in [3.63, 3.8) is 0 Å². The maximum absolute atomic E-state index is 10.2. The Kier molecular flexibility index (Phi) is 3.72. The van der Waals surface area contributed by atoms with Crippen molar-refractivity contribution in [1.82, 2.24) is 10.2 Å². The topological polar surface area (TPSA) is 76.0 Å². The van der Waals surface area contributed by atoms with Gasteiger partial charge in [0.05, 0.1) is 0 Å². The van der Waals surface area contributed by atoms with Gasteiger partial charge in [-0.1, -0.05) is 6.42 Å². The molecule has 1 aromatic rings. The summed E-state index contributed by atoms with van der Waals surface area (Å²) in [6.07, 6.45) is 3.56. The van der Waals surface area contributed by atoms with Crippen LogP contribution in [0.4, 0.5) is 0 Å². The van der Waals surface area contributed by atoms with Crippen LogP contribution in [0.2, 0.25) is 0 Å². The molecule has 5 heteroatoms. The Morgan fingerprint density at radius 1 is 1.05 bits per heavy atom. The molecule has 2 aliphatic rings. The molecule has 0 aromatic heterocycles. The molecular weight excluding hydrogens is 256 g/mol. The molecular formula is C15H22N2O3. The molecule has 1 saturated heterocycles. The standard InChI is InChI=1S/C15H22N2O3/c18-12-5-4-11(14(19)15(12)20)13(10-2-1-3-10)17-8-6-16-7-9-17/h4-5,10,13,16,18-20H,1-3,6-9H2/t13-/m0/s1. The van der Waals surface area contributed by atoms with E-state index in [1.54, 1.807) is 6.07 Å². The van der Waals surface area contributed by atoms with E-state index in [0.29, 0.717) is 5.92 Å². The summed E-state index contributed by atoms with van der Waals surface area (Å²) >= 11 is 0. The van der Waals surface area contributed by atoms with Crippen LogP contribution < -0.4 is 5.32 Å². The second kappa shape index (κ2) is 5.50. The number of hydrogen-bond acceptors (Lipinski definition) is 5. The highest BCUT2D eigenvalue weighted by Gasteiger charge is 2.35. The van der Waals surface area contributed by atoms with Crippen LogP contribution in [0.1, 0.15) is 30.9 Å². The monoisotopic (exact) mass is 278 g/mol. The van der Waals surface area contributed by atoms with Crippen LogP contribution in [0.15, 0.2) is 12.1 Å². The molecule has 0 spiro atoms. The molecule has 110 valence electrons. The highest BCUT2D eigenvalue weighted by molar-refractivity contribution is 5.54. The normalized spacial score (nSPS) is 22.4. The Bertz CT molecular complexity index is 482. The van der Waals surface area contributed by atoms with E-state index in [0.717, 1.165) is 44.6 Å². The highest BCUT2D eigenvalue weighted by Crippen LogP contribution is 2.48. The summed E-state index contributed by atoms with van der Waals surface area (Å²) < 4.78 is 0. The molecule has 1 saturated carbocycles. The van der Waals surface area contributed by atoms with Crippen molar-refractivity contribution in [2.24, 2.45) is 5.92 Å². The number of benzene rings is 1. The van der Waals surface area contributed by atoms with Gasteiger partial charge in [-0.15, -0.1) is 0 Å². The number of phenols is 3. The molecule has 0 unspecified atom stereocenters. The van der Waals surface area contributed by atoms with E-state index in [1.807, 2.05) is 0 Å². The van der Waals surface area contributed by atoms with Crippen molar-refractivity contribution >= 4 is 0 Å². The molecule has 0 radical (unpaired) electrons. The van der Waals surface area contributed by atoms with Gasteiger partial charge in [0.1, 0.15) is 0 Å². The minimum Gasteiger partial charge on any atom is -0.504 e. The fraction of sp³-hybridized carbons (Fsp3) is 0.600. The van der Waals surface area contributed by atoms with Crippen LogP contribution in [0.5, 0.6) is 17.2 Å². The highest BCUT2D eigenvalue weighted by atomic mass is 16.3. The summed E-state index contributed by atoms with van der Waals surface area (Å²) in [6.45, 7) is 3.80. The van der Waals surface area contributed by atoms with Crippen LogP contribution in [0.25, 0.3) is 0 Å². The van der Waals surface area contributed by atoms with Gasteiger partial charge < -0.3 is 20.6 Å². The summed E-state index contributed by atoms with van der Waals surface area (Å²) in [5, 5.41) is 32.8. The molecule has 20 heavy (non-hydrogen) atoms. The van der Waals surface area contributed by atoms with Gasteiger partial charge in [0, 0.05) is 37.8 Å². The first-order chi connectivity index (χ1) is 9.68. The van der Waals surface area contributed by atoms with E-state index in [1.165, 1.54) is 12.5 Å². The maximum Gasteiger partial charge on any atom is 0.200 e. The zero-order valence-electron chi connectivity index (χ0n) is 11.5. The lowest BCUT2D eigenvalue weighted by Crippen LogP contribution is -2.47. The Labute approximate surface area is 118 Å². The molecule has 1 aliphatic heterocycles. The molecule has 3 rings (SSSR count). The van der Waals surface area contributed by atoms with Crippen LogP contribution >= 0.6 is 0 Å². The number of nitrogens with zero attached hydrogens (tertiary/aromatic N) is 1. The van der Waals surface area contributed by atoms with Gasteiger partial charge in [0.2, 0.25) is 5.75 Å². The Balaban J connectivity index is 1.94. The van der Waals surface area contributed by atoms with Gasteiger partial charge in [-0.25, -0.2) is 0 Å². The van der Waals surface area contributed by atoms with Crippen molar-refractivity contribution in [3.8, 4) is 17.2 Å². The number of hydrogen-bond donors (Lipinski definition) is 4. The lowest BCUT2D eigenvalue weighted by molar-refractivity contribution is 0.0816. The SMILES string of the molecule is Oc1ccc([C@H](C2CCC2)N2CCNCC2)c(O)c1O. The molecule has 0 amide bonds. The zero-order valence-corrected chi connectivity index (χ0v) is 11.5. The van der Waals surface area contributed by atoms with E-state index in [9.17, 15) is 15.3 Å². The third kappa shape index (κ3) is 2.31. The molecule has 0 bridgehead atoms. The van der Waals surface area contributed by atoms with E-state index < -0.39 is 5.75 Å². The fourth-order valence-corrected chi connectivity index (χ4v) is 3.29. The lowest BCUT2D eigenvalue weighted by Gasteiger charge is -2.43. The average molecular weight is 278 g/mol. The molecule has 1 aromatic carbocycles. The lowest BCUT2D eigenvalue weighted by atomic mass is 9.76. The summed E-state index contributed by atoms with van der Waals surface area (Å²) in [5.74, 6) is -0.302. The first kappa shape index (κ1) is 13.5. The van der Waals surface area contributed by atoms with E-state index >= 15 is 0 Å². The molecule has 5 nitrogen and oxygen atoms in total. The van der Waals surface area contributed by atoms with Crippen LogP contribution in [-0.2, 0) is 0 Å². The van der Waals surface area contributed by atoms with E-state index in [-0.39, 0.29) is 17.5 Å². The first-order valence-electron chi connectivity index (χ1n) is 7.37. The minimum atomic E-state index is -0.401. The summed E-state index contributed by atoms with van der Waals surface area (Å²) in [6, 6.07) is 3.35. The second-order valence-corrected chi connectivity index (χ2v) is 5.79. The molecule has 4 N–H and O–H groups in total. The number of piperazine rings is 1. The van der Waals surface area contributed by atoms with Gasteiger partial charge in [-0.3, -0.25) is 4.90 Å². The van der Waals surface area contributed by atoms with Crippen molar-refractivity contribution in [3.05, 3.63) is 17.7 Å². The summed E-state index contributed by atoms with van der Waals surface area (Å²) in [7, 11) is 0. The van der Waals surface area contributed by atoms with Gasteiger partial charge in [-0.05, 0) is 30.9 Å². The van der Waals surface area contributed by atoms with Gasteiger partial charge in [-0.2, -0.15) is 0 Å². The Hall–Kier alpha value is -1.46. The minimum absolute atomic E-state index is 0.136. The summed E-state index contributed by atoms with van der Waals surface area (Å²) in [5.41, 5.74) is 0.743. The predicted molar refractivity (Wildman–Crippen MR) is 76.0 cm³/mol. The number of rotatable bonds is 3. The van der Waals surface area contributed by atoms with Gasteiger partial charge >= 0.3 is 0 Å². The maximum atomic E-state index is 10.2. The first-order valence-corrected chi connectivity index (χ1v) is 7.37. The van der Waals surface area contributed by atoms with Crippen molar-refractivity contribution < 1.29 is 15.3 Å². The van der Waals surface area contributed by atoms with Crippen LogP contribution in [0.3, 0.4) is 0 Å². The van der Waals surface area contributed by atoms with Crippen molar-refractivity contribution in [2.45, 2.75) is 25.3 Å². The van der Waals surface area contributed by atoms with Gasteiger partial charge in [0.15, 0.2) is 11.5 Å². The van der Waals surface area contributed by atoms with Crippen molar-refractivity contribution in [2.75, 3.05) is 26.2 Å². The van der Waals surface area contributed by atoms with Crippen molar-refractivity contribution in [1.29, 1.82) is 0 Å².